The van der Waals surface area contributed by atoms with Gasteiger partial charge >= 0.3 is 6.18 Å². The Labute approximate surface area is 189 Å². The van der Waals surface area contributed by atoms with Crippen molar-refractivity contribution >= 4 is 11.8 Å². The molecule has 1 aromatic carbocycles. The van der Waals surface area contributed by atoms with Crippen LogP contribution >= 0.6 is 0 Å². The first-order valence-electron chi connectivity index (χ1n) is 10.9. The summed E-state index contributed by atoms with van der Waals surface area (Å²) in [6, 6.07) is 6.24. The van der Waals surface area contributed by atoms with Crippen molar-refractivity contribution in [3.05, 3.63) is 52.8 Å². The van der Waals surface area contributed by atoms with Crippen LogP contribution in [-0.2, 0) is 24.0 Å². The molecule has 1 N–H and O–H groups in total. The van der Waals surface area contributed by atoms with E-state index < -0.39 is 11.7 Å². The predicted octanol–water partition coefficient (Wildman–Crippen LogP) is 2.01. The Morgan fingerprint density at radius 2 is 1.82 bits per heavy atom. The molecule has 0 saturated carbocycles. The zero-order valence-corrected chi connectivity index (χ0v) is 18.1. The summed E-state index contributed by atoms with van der Waals surface area (Å²) in [5, 5.41) is 7.10. The molecule has 178 valence electrons. The summed E-state index contributed by atoms with van der Waals surface area (Å²) in [6.45, 7) is 5.59. The predicted molar refractivity (Wildman–Crippen MR) is 113 cm³/mol. The number of nitrogens with zero attached hydrogens (tertiary/aromatic N) is 4. The van der Waals surface area contributed by atoms with Crippen molar-refractivity contribution in [2.24, 2.45) is 0 Å². The number of carbonyl (C=O) groups is 2. The Bertz CT molecular complexity index is 984. The molecule has 2 aliphatic heterocycles. The SMILES string of the molecule is O=C(NCCCN1CCOCC1)c1cc2n(n1)CCN(Cc1ccc(C(F)(F)F)cc1)C2=O. The Morgan fingerprint density at radius 3 is 2.52 bits per heavy atom. The van der Waals surface area contributed by atoms with Gasteiger partial charge in [0.1, 0.15) is 5.69 Å². The molecule has 1 aromatic heterocycles. The van der Waals surface area contributed by atoms with Crippen LogP contribution in [0.5, 0.6) is 0 Å². The Hall–Kier alpha value is -2.92. The van der Waals surface area contributed by atoms with Gasteiger partial charge in [0.2, 0.25) is 0 Å². The number of halogens is 3. The van der Waals surface area contributed by atoms with E-state index in [1.54, 1.807) is 4.90 Å². The second-order valence-electron chi connectivity index (χ2n) is 8.12. The zero-order chi connectivity index (χ0) is 23.4. The molecule has 0 atom stereocenters. The van der Waals surface area contributed by atoms with Crippen molar-refractivity contribution < 1.29 is 27.5 Å². The van der Waals surface area contributed by atoms with E-state index in [1.807, 2.05) is 0 Å². The fourth-order valence-electron chi connectivity index (χ4n) is 3.94. The molecule has 0 unspecified atom stereocenters. The van der Waals surface area contributed by atoms with Crippen LogP contribution in [0.2, 0.25) is 0 Å². The van der Waals surface area contributed by atoms with E-state index in [0.29, 0.717) is 30.9 Å². The minimum atomic E-state index is -4.40. The second-order valence-corrected chi connectivity index (χ2v) is 8.12. The van der Waals surface area contributed by atoms with Gasteiger partial charge in [0.05, 0.1) is 25.3 Å². The third-order valence-corrected chi connectivity index (χ3v) is 5.80. The summed E-state index contributed by atoms with van der Waals surface area (Å²) in [4.78, 5) is 29.2. The first-order valence-corrected chi connectivity index (χ1v) is 10.9. The Kier molecular flexibility index (Phi) is 6.99. The molecule has 8 nitrogen and oxygen atoms in total. The fraction of sp³-hybridized carbons (Fsp3) is 0.500. The van der Waals surface area contributed by atoms with Crippen LogP contribution in [0.4, 0.5) is 13.2 Å². The lowest BCUT2D eigenvalue weighted by molar-refractivity contribution is -0.137. The van der Waals surface area contributed by atoms with Crippen LogP contribution in [0.3, 0.4) is 0 Å². The highest BCUT2D eigenvalue weighted by atomic mass is 19.4. The van der Waals surface area contributed by atoms with Gasteiger partial charge in [0, 0.05) is 38.8 Å². The summed E-state index contributed by atoms with van der Waals surface area (Å²) in [5.41, 5.74) is 0.352. The van der Waals surface area contributed by atoms with Gasteiger partial charge in [-0.1, -0.05) is 12.1 Å². The van der Waals surface area contributed by atoms with Crippen LogP contribution in [0, 0.1) is 0 Å². The molecule has 1 saturated heterocycles. The third kappa shape index (κ3) is 5.72. The lowest BCUT2D eigenvalue weighted by Gasteiger charge is -2.27. The number of ether oxygens (including phenoxy) is 1. The monoisotopic (exact) mass is 465 g/mol. The van der Waals surface area contributed by atoms with Crippen LogP contribution in [-0.4, -0.2) is 77.3 Å². The normalized spacial score (nSPS) is 17.2. The summed E-state index contributed by atoms with van der Waals surface area (Å²) < 4.78 is 45.1. The van der Waals surface area contributed by atoms with E-state index in [-0.39, 0.29) is 24.1 Å². The van der Waals surface area contributed by atoms with Crippen molar-refractivity contribution in [2.75, 3.05) is 45.9 Å². The molecule has 2 aromatic rings. The number of fused-ring (bicyclic) bond motifs is 1. The minimum absolute atomic E-state index is 0.182. The maximum Gasteiger partial charge on any atom is 0.416 e. The largest absolute Gasteiger partial charge is 0.416 e. The molecule has 0 spiro atoms. The van der Waals surface area contributed by atoms with Crippen molar-refractivity contribution in [3.63, 3.8) is 0 Å². The van der Waals surface area contributed by atoms with Gasteiger partial charge in [-0.25, -0.2) is 0 Å². The van der Waals surface area contributed by atoms with E-state index >= 15 is 0 Å². The van der Waals surface area contributed by atoms with Crippen LogP contribution in [0.25, 0.3) is 0 Å². The molecule has 33 heavy (non-hydrogen) atoms. The molecule has 11 heteroatoms. The number of nitrogens with one attached hydrogen (secondary N) is 1. The minimum Gasteiger partial charge on any atom is -0.379 e. The van der Waals surface area contributed by atoms with Gasteiger partial charge in [-0.05, 0) is 30.7 Å². The van der Waals surface area contributed by atoms with Crippen LogP contribution in [0.1, 0.15) is 38.5 Å². The van der Waals surface area contributed by atoms with Crippen molar-refractivity contribution in [1.29, 1.82) is 0 Å². The summed E-state index contributed by atoms with van der Waals surface area (Å²) in [5.74, 6) is -0.638. The quantitative estimate of drug-likeness (QED) is 0.633. The van der Waals surface area contributed by atoms with E-state index in [0.717, 1.165) is 51.4 Å². The smallest absolute Gasteiger partial charge is 0.379 e. The van der Waals surface area contributed by atoms with Crippen molar-refractivity contribution in [1.82, 2.24) is 24.9 Å². The van der Waals surface area contributed by atoms with Crippen molar-refractivity contribution in [2.45, 2.75) is 25.7 Å². The lowest BCUT2D eigenvalue weighted by atomic mass is 10.1. The molecule has 4 rings (SSSR count). The Balaban J connectivity index is 1.30. The molecular formula is C22H26F3N5O3. The molecular weight excluding hydrogens is 439 g/mol. The second kappa shape index (κ2) is 9.92. The molecule has 3 heterocycles. The molecule has 2 aliphatic rings. The van der Waals surface area contributed by atoms with Gasteiger partial charge in [-0.3, -0.25) is 19.2 Å². The fourth-order valence-corrected chi connectivity index (χ4v) is 3.94. The van der Waals surface area contributed by atoms with Crippen LogP contribution < -0.4 is 5.32 Å². The summed E-state index contributed by atoms with van der Waals surface area (Å²) in [6.07, 6.45) is -3.59. The molecule has 2 amide bonds. The number of carbonyl (C=O) groups excluding carboxylic acids is 2. The zero-order valence-electron chi connectivity index (χ0n) is 18.1. The summed E-state index contributed by atoms with van der Waals surface area (Å²) >= 11 is 0. The van der Waals surface area contributed by atoms with E-state index in [4.69, 9.17) is 4.74 Å². The van der Waals surface area contributed by atoms with Gasteiger partial charge < -0.3 is 15.0 Å². The maximum atomic E-state index is 12.9. The van der Waals surface area contributed by atoms with Gasteiger partial charge in [0.25, 0.3) is 11.8 Å². The topological polar surface area (TPSA) is 79.7 Å². The van der Waals surface area contributed by atoms with E-state index in [2.05, 4.69) is 15.3 Å². The number of aromatic nitrogens is 2. The summed E-state index contributed by atoms with van der Waals surface area (Å²) in [7, 11) is 0. The number of morpholine rings is 1. The first kappa shape index (κ1) is 23.2. The molecule has 1 fully saturated rings. The highest BCUT2D eigenvalue weighted by Gasteiger charge is 2.31. The average Bonchev–Trinajstić information content (AvgIpc) is 3.24. The molecule has 0 bridgehead atoms. The van der Waals surface area contributed by atoms with Crippen molar-refractivity contribution in [3.8, 4) is 0 Å². The highest BCUT2D eigenvalue weighted by Crippen LogP contribution is 2.29. The van der Waals surface area contributed by atoms with Gasteiger partial charge in [-0.15, -0.1) is 0 Å². The molecule has 0 aliphatic carbocycles. The van der Waals surface area contributed by atoms with E-state index in [1.165, 1.54) is 22.9 Å². The standard InChI is InChI=1S/C22H26F3N5O3/c23-22(24,25)17-4-2-16(3-5-17)15-29-8-9-30-19(21(29)32)14-18(27-30)20(31)26-6-1-7-28-10-12-33-13-11-28/h2-5,14H,1,6-13,15H2,(H,26,31). The highest BCUT2D eigenvalue weighted by molar-refractivity contribution is 5.98. The number of hydrogen-bond donors (Lipinski definition) is 1. The number of hydrogen-bond acceptors (Lipinski definition) is 5. The number of amides is 2. The first-order chi connectivity index (χ1) is 15.8. The number of rotatable bonds is 7. The Morgan fingerprint density at radius 1 is 1.09 bits per heavy atom. The third-order valence-electron chi connectivity index (χ3n) is 5.80. The number of benzene rings is 1. The molecule has 0 radical (unpaired) electrons. The lowest BCUT2D eigenvalue weighted by Crippen LogP contribution is -2.39. The number of alkyl halides is 3. The average molecular weight is 465 g/mol. The van der Waals surface area contributed by atoms with Gasteiger partial charge in [0.15, 0.2) is 5.69 Å². The maximum absolute atomic E-state index is 12.9. The van der Waals surface area contributed by atoms with E-state index in [9.17, 15) is 22.8 Å². The van der Waals surface area contributed by atoms with Gasteiger partial charge in [-0.2, -0.15) is 18.3 Å². The van der Waals surface area contributed by atoms with Crippen LogP contribution in [0.15, 0.2) is 30.3 Å².